The first-order chi connectivity index (χ1) is 5.29. The van der Waals surface area contributed by atoms with Crippen LogP contribution in [0.25, 0.3) is 0 Å². The quantitative estimate of drug-likeness (QED) is 0.553. The van der Waals surface area contributed by atoms with Crippen molar-refractivity contribution in [2.45, 2.75) is 5.56 Å². The molecule has 0 aliphatic carbocycles. The topological polar surface area (TPSA) is 26.3 Å². The molecule has 0 aromatic heterocycles. The van der Waals surface area contributed by atoms with Crippen LogP contribution in [-0.2, 0) is 0 Å². The number of carbonyl (C=O) groups excluding carboxylic acids is 1. The van der Waals surface area contributed by atoms with Crippen LogP contribution in [0.15, 0.2) is 24.3 Å². The van der Waals surface area contributed by atoms with Gasteiger partial charge in [0.2, 0.25) is 11.3 Å². The summed E-state index contributed by atoms with van der Waals surface area (Å²) >= 11 is 5.56. The summed E-state index contributed by atoms with van der Waals surface area (Å²) in [5.74, 6) is 0.430. The van der Waals surface area contributed by atoms with Gasteiger partial charge < -0.3 is 4.74 Å². The molecule has 1 aliphatic rings. The average Bonchev–Trinajstić information content (AvgIpc) is 2.30. The Morgan fingerprint density at radius 2 is 2.09 bits per heavy atom. The van der Waals surface area contributed by atoms with Gasteiger partial charge in [-0.05, 0) is 12.1 Å². The normalized spacial score (nSPS) is 21.2. The number of ether oxygens (including phenoxy) is 1. The summed E-state index contributed by atoms with van der Waals surface area (Å²) in [5.41, 5.74) is -0.250. The second-order valence-corrected chi connectivity index (χ2v) is 2.69. The Kier molecular flexibility index (Phi) is 1.36. The fourth-order valence-electron chi connectivity index (χ4n) is 1.06. The minimum Gasteiger partial charge on any atom is -0.466 e. The van der Waals surface area contributed by atoms with E-state index < -0.39 is 5.56 Å². The summed E-state index contributed by atoms with van der Waals surface area (Å²) in [5, 5.41) is 0. The average molecular weight is 169 g/mol. The molecule has 1 aromatic carbocycles. The Balaban J connectivity index is 2.55. The van der Waals surface area contributed by atoms with Crippen molar-refractivity contribution in [3.05, 3.63) is 29.8 Å². The summed E-state index contributed by atoms with van der Waals surface area (Å²) < 4.78 is 5.03. The molecule has 0 spiro atoms. The Hall–Kier alpha value is -1.02. The highest BCUT2D eigenvalue weighted by Crippen LogP contribution is 2.29. The van der Waals surface area contributed by atoms with E-state index in [4.69, 9.17) is 16.3 Å². The van der Waals surface area contributed by atoms with Crippen molar-refractivity contribution in [1.29, 1.82) is 0 Å². The van der Waals surface area contributed by atoms with Crippen molar-refractivity contribution < 1.29 is 9.53 Å². The predicted octanol–water partition coefficient (Wildman–Crippen LogP) is 1.83. The number of ketones is 1. The summed E-state index contributed by atoms with van der Waals surface area (Å²) in [6, 6.07) is 7.03. The molecule has 0 radical (unpaired) electrons. The molecular weight excluding hydrogens is 164 g/mol. The van der Waals surface area contributed by atoms with Gasteiger partial charge in [0.1, 0.15) is 5.75 Å². The highest BCUT2D eigenvalue weighted by molar-refractivity contribution is 6.34. The molecule has 0 amide bonds. The van der Waals surface area contributed by atoms with E-state index in [9.17, 15) is 4.79 Å². The Morgan fingerprint density at radius 3 is 2.82 bits per heavy atom. The van der Waals surface area contributed by atoms with E-state index in [0.29, 0.717) is 11.3 Å². The van der Waals surface area contributed by atoms with E-state index in [1.54, 1.807) is 24.3 Å². The standard InChI is InChI=1S/C8H5ClO2/c9-8-7(10)5-3-1-2-4-6(5)11-8/h1-4,8H/t8-/m1/s1. The molecule has 1 heterocycles. The lowest BCUT2D eigenvalue weighted by molar-refractivity contribution is 0.0932. The van der Waals surface area contributed by atoms with Gasteiger partial charge in [-0.1, -0.05) is 23.7 Å². The van der Waals surface area contributed by atoms with Crippen molar-refractivity contribution >= 4 is 17.4 Å². The van der Waals surface area contributed by atoms with Gasteiger partial charge in [0.25, 0.3) is 0 Å². The number of alkyl halides is 1. The molecule has 0 saturated carbocycles. The molecule has 11 heavy (non-hydrogen) atoms. The number of hydrogen-bond donors (Lipinski definition) is 0. The van der Waals surface area contributed by atoms with Gasteiger partial charge in [-0.3, -0.25) is 4.79 Å². The Labute approximate surface area is 68.7 Å². The molecule has 1 aromatic rings. The number of fused-ring (bicyclic) bond motifs is 1. The lowest BCUT2D eigenvalue weighted by Crippen LogP contribution is -2.11. The molecule has 2 rings (SSSR count). The van der Waals surface area contributed by atoms with Gasteiger partial charge in [0.05, 0.1) is 5.56 Å². The summed E-state index contributed by atoms with van der Waals surface area (Å²) in [6.07, 6.45) is 0. The van der Waals surface area contributed by atoms with Crippen molar-refractivity contribution in [1.82, 2.24) is 0 Å². The van der Waals surface area contributed by atoms with Gasteiger partial charge in [-0.25, -0.2) is 0 Å². The maximum absolute atomic E-state index is 11.1. The fraction of sp³-hybridized carbons (Fsp3) is 0.125. The van der Waals surface area contributed by atoms with Crippen LogP contribution in [0.1, 0.15) is 10.4 Å². The minimum atomic E-state index is -0.826. The summed E-state index contributed by atoms with van der Waals surface area (Å²) in [7, 11) is 0. The van der Waals surface area contributed by atoms with E-state index in [-0.39, 0.29) is 5.78 Å². The van der Waals surface area contributed by atoms with Crippen molar-refractivity contribution in [2.75, 3.05) is 0 Å². The number of para-hydroxylation sites is 1. The zero-order valence-corrected chi connectivity index (χ0v) is 6.34. The SMILES string of the molecule is O=C1c2ccccc2O[C@H]1Cl. The first-order valence-electron chi connectivity index (χ1n) is 3.23. The molecule has 0 saturated heterocycles. The Morgan fingerprint density at radius 1 is 1.36 bits per heavy atom. The first-order valence-corrected chi connectivity index (χ1v) is 3.66. The van der Waals surface area contributed by atoms with Crippen LogP contribution in [0, 0.1) is 0 Å². The number of hydrogen-bond acceptors (Lipinski definition) is 2. The van der Waals surface area contributed by atoms with Crippen LogP contribution in [-0.4, -0.2) is 11.3 Å². The lowest BCUT2D eigenvalue weighted by Gasteiger charge is -1.96. The zero-order chi connectivity index (χ0) is 7.84. The van der Waals surface area contributed by atoms with Gasteiger partial charge in [-0.15, -0.1) is 0 Å². The molecular formula is C8H5ClO2. The molecule has 3 heteroatoms. The zero-order valence-electron chi connectivity index (χ0n) is 5.58. The van der Waals surface area contributed by atoms with Gasteiger partial charge in [0, 0.05) is 0 Å². The highest BCUT2D eigenvalue weighted by Gasteiger charge is 2.29. The third-order valence-corrected chi connectivity index (χ3v) is 1.88. The third-order valence-electron chi connectivity index (χ3n) is 1.59. The number of benzene rings is 1. The van der Waals surface area contributed by atoms with Crippen molar-refractivity contribution in [3.63, 3.8) is 0 Å². The van der Waals surface area contributed by atoms with Crippen molar-refractivity contribution in [2.24, 2.45) is 0 Å². The summed E-state index contributed by atoms with van der Waals surface area (Å²) in [4.78, 5) is 11.1. The smallest absolute Gasteiger partial charge is 0.235 e. The molecule has 1 aliphatic heterocycles. The maximum atomic E-state index is 11.1. The second kappa shape index (κ2) is 2.24. The van der Waals surface area contributed by atoms with Crippen LogP contribution in [0.5, 0.6) is 5.75 Å². The fourth-order valence-corrected chi connectivity index (χ4v) is 1.27. The molecule has 0 bridgehead atoms. The maximum Gasteiger partial charge on any atom is 0.235 e. The first kappa shape index (κ1) is 6.68. The van der Waals surface area contributed by atoms with E-state index in [1.807, 2.05) is 0 Å². The molecule has 0 fully saturated rings. The van der Waals surface area contributed by atoms with E-state index >= 15 is 0 Å². The third kappa shape index (κ3) is 0.906. The van der Waals surface area contributed by atoms with E-state index in [2.05, 4.69) is 0 Å². The molecule has 56 valence electrons. The lowest BCUT2D eigenvalue weighted by atomic mass is 10.1. The minimum absolute atomic E-state index is 0.151. The van der Waals surface area contributed by atoms with Gasteiger partial charge in [0.15, 0.2) is 0 Å². The number of carbonyl (C=O) groups is 1. The van der Waals surface area contributed by atoms with Crippen molar-refractivity contribution in [3.8, 4) is 5.75 Å². The monoisotopic (exact) mass is 168 g/mol. The number of rotatable bonds is 0. The number of halogens is 1. The number of Topliss-reactive ketones (excluding diaryl/α,β-unsaturated/α-hetero) is 1. The molecule has 2 nitrogen and oxygen atoms in total. The van der Waals surface area contributed by atoms with Gasteiger partial charge >= 0.3 is 0 Å². The molecule has 1 atom stereocenters. The van der Waals surface area contributed by atoms with Crippen LogP contribution in [0.2, 0.25) is 0 Å². The van der Waals surface area contributed by atoms with Crippen LogP contribution >= 0.6 is 11.6 Å². The van der Waals surface area contributed by atoms with Crippen LogP contribution in [0.3, 0.4) is 0 Å². The van der Waals surface area contributed by atoms with Crippen LogP contribution in [0.4, 0.5) is 0 Å². The van der Waals surface area contributed by atoms with E-state index in [1.165, 1.54) is 0 Å². The van der Waals surface area contributed by atoms with Gasteiger partial charge in [-0.2, -0.15) is 0 Å². The predicted molar refractivity (Wildman–Crippen MR) is 41.0 cm³/mol. The second-order valence-electron chi connectivity index (χ2n) is 2.29. The van der Waals surface area contributed by atoms with E-state index in [0.717, 1.165) is 0 Å². The van der Waals surface area contributed by atoms with Crippen LogP contribution < -0.4 is 4.74 Å². The largest absolute Gasteiger partial charge is 0.466 e. The molecule has 0 unspecified atom stereocenters. The Bertz CT molecular complexity index is 309. The highest BCUT2D eigenvalue weighted by atomic mass is 35.5. The summed E-state index contributed by atoms with van der Waals surface area (Å²) in [6.45, 7) is 0. The molecule has 0 N–H and O–H groups in total.